The molecular weight excluding hydrogens is 665 g/mol. The monoisotopic (exact) mass is 707 g/mol. The summed E-state index contributed by atoms with van der Waals surface area (Å²) in [4.78, 5) is 30.2. The molecule has 1 aromatic carbocycles. The van der Waals surface area contributed by atoms with Gasteiger partial charge in [-0.15, -0.1) is 0 Å². The summed E-state index contributed by atoms with van der Waals surface area (Å²) in [6.07, 6.45) is -1.76. The number of aliphatic hydroxyl groups is 2. The van der Waals surface area contributed by atoms with Crippen molar-refractivity contribution in [2.45, 2.75) is 63.9 Å². The van der Waals surface area contributed by atoms with E-state index in [1.807, 2.05) is 13.8 Å². The highest BCUT2D eigenvalue weighted by Gasteiger charge is 2.25. The smallest absolute Gasteiger partial charge is 0.308 e. The first-order chi connectivity index (χ1) is 22.4. The Kier molecular flexibility index (Phi) is 16.3. The number of aliphatic hydroxyl groups excluding tert-OH is 2. The van der Waals surface area contributed by atoms with Gasteiger partial charge in [0, 0.05) is 24.6 Å². The first-order valence-corrected chi connectivity index (χ1v) is 16.3. The topological polar surface area (TPSA) is 245 Å². The Balaban J connectivity index is 2.06. The second-order valence-electron chi connectivity index (χ2n) is 10.8. The van der Waals surface area contributed by atoms with E-state index in [1.165, 1.54) is 50.4 Å². The average molecular weight is 708 g/mol. The summed E-state index contributed by atoms with van der Waals surface area (Å²) < 4.78 is 49.3. The molecular formula is C28H42FN5O13S. The van der Waals surface area contributed by atoms with Crippen LogP contribution < -0.4 is 4.31 Å². The molecule has 0 aliphatic heterocycles. The van der Waals surface area contributed by atoms with E-state index in [0.29, 0.717) is 16.8 Å². The third-order valence-corrected chi connectivity index (χ3v) is 7.75. The van der Waals surface area contributed by atoms with E-state index in [2.05, 4.69) is 19.6 Å². The van der Waals surface area contributed by atoms with Gasteiger partial charge in [-0.3, -0.25) is 25.6 Å². The maximum atomic E-state index is 13.7. The van der Waals surface area contributed by atoms with Crippen molar-refractivity contribution in [2.75, 3.05) is 37.4 Å². The minimum atomic E-state index is -3.72. The van der Waals surface area contributed by atoms with Crippen LogP contribution in [0.2, 0.25) is 0 Å². The number of nitrogens with zero attached hydrogens (tertiary/aromatic N) is 5. The van der Waals surface area contributed by atoms with Crippen LogP contribution in [0.3, 0.4) is 0 Å². The zero-order valence-corrected chi connectivity index (χ0v) is 27.8. The zero-order valence-electron chi connectivity index (χ0n) is 26.9. The van der Waals surface area contributed by atoms with Crippen LogP contribution in [0.1, 0.15) is 50.8 Å². The second-order valence-corrected chi connectivity index (χ2v) is 12.9. The predicted octanol–water partition coefficient (Wildman–Crippen LogP) is 1.66. The lowest BCUT2D eigenvalue weighted by Gasteiger charge is -2.24. The summed E-state index contributed by atoms with van der Waals surface area (Å²) >= 11 is 0. The molecule has 0 saturated heterocycles. The molecule has 0 aliphatic rings. The lowest BCUT2D eigenvalue weighted by atomic mass is 9.97. The van der Waals surface area contributed by atoms with E-state index in [0.717, 1.165) is 10.6 Å². The maximum Gasteiger partial charge on any atom is 0.308 e. The van der Waals surface area contributed by atoms with Crippen molar-refractivity contribution in [2.24, 2.45) is 0 Å². The lowest BCUT2D eigenvalue weighted by Crippen LogP contribution is -2.40. The molecule has 270 valence electrons. The van der Waals surface area contributed by atoms with Gasteiger partial charge < -0.3 is 19.7 Å². The number of sulfonamides is 1. The Morgan fingerprint density at radius 1 is 1.00 bits per heavy atom. The van der Waals surface area contributed by atoms with Crippen LogP contribution in [0.5, 0.6) is 0 Å². The summed E-state index contributed by atoms with van der Waals surface area (Å²) in [5.41, 5.74) is 1.61. The van der Waals surface area contributed by atoms with Crippen LogP contribution in [-0.2, 0) is 34.0 Å². The number of carbonyl (C=O) groups is 1. The van der Waals surface area contributed by atoms with Gasteiger partial charge in [0.05, 0.1) is 60.3 Å². The fourth-order valence-electron chi connectivity index (χ4n) is 4.10. The Hall–Kier alpha value is -3.25. The number of benzene rings is 1. The third kappa shape index (κ3) is 13.7. The Morgan fingerprint density at radius 3 is 2.19 bits per heavy atom. The van der Waals surface area contributed by atoms with Crippen LogP contribution in [0.4, 0.5) is 10.3 Å². The minimum absolute atomic E-state index is 0.101. The largest absolute Gasteiger partial charge is 0.463 e. The molecule has 18 nitrogen and oxygen atoms in total. The number of aromatic nitrogens is 2. The molecule has 0 spiro atoms. The molecule has 20 heteroatoms. The standard InChI is InChI=1S/C28H42FN5O13S/c1-17(2)26-23(27(19-6-8-20(29)9-7-19)31-28(30-26)32(4)48(5,42)43)11-10-21(35)14-22(36)15-25(37)45-13-12-44-16-24(47-34(40)41)18(3)46-33(38)39/h6-11,17-18,21-22,24,35-36,38-41H,12-16H2,1-5H3/b11-10+. The van der Waals surface area contributed by atoms with E-state index >= 15 is 0 Å². The highest BCUT2D eigenvalue weighted by molar-refractivity contribution is 7.92. The molecule has 4 unspecified atom stereocenters. The molecule has 2 aromatic rings. The Morgan fingerprint density at radius 2 is 1.62 bits per heavy atom. The number of anilines is 1. The van der Waals surface area contributed by atoms with E-state index in [4.69, 9.17) is 30.3 Å². The van der Waals surface area contributed by atoms with Crippen LogP contribution in [-0.4, -0.2) is 124 Å². The van der Waals surface area contributed by atoms with Gasteiger partial charge in [-0.05, 0) is 37.1 Å². The molecule has 0 saturated carbocycles. The van der Waals surface area contributed by atoms with Gasteiger partial charge in [0.1, 0.15) is 24.6 Å². The van der Waals surface area contributed by atoms with Gasteiger partial charge in [-0.2, -0.15) is 0 Å². The average Bonchev–Trinajstić information content (AvgIpc) is 2.97. The molecule has 48 heavy (non-hydrogen) atoms. The van der Waals surface area contributed by atoms with Crippen molar-refractivity contribution in [1.82, 2.24) is 20.7 Å². The number of hydrogen-bond acceptors (Lipinski definition) is 17. The fourth-order valence-corrected chi connectivity index (χ4v) is 4.48. The number of rotatable bonds is 20. The lowest BCUT2D eigenvalue weighted by molar-refractivity contribution is -0.538. The van der Waals surface area contributed by atoms with Gasteiger partial charge in [-0.1, -0.05) is 26.0 Å². The predicted molar refractivity (Wildman–Crippen MR) is 163 cm³/mol. The Labute approximate surface area is 276 Å². The van der Waals surface area contributed by atoms with Crippen molar-refractivity contribution >= 4 is 28.0 Å². The second kappa shape index (κ2) is 19.1. The zero-order chi connectivity index (χ0) is 36.2. The van der Waals surface area contributed by atoms with Gasteiger partial charge in [0.15, 0.2) is 0 Å². The van der Waals surface area contributed by atoms with E-state index in [1.54, 1.807) is 0 Å². The first kappa shape index (κ1) is 40.9. The number of halogens is 1. The van der Waals surface area contributed by atoms with Gasteiger partial charge in [-0.25, -0.2) is 36.8 Å². The minimum Gasteiger partial charge on any atom is -0.463 e. The molecule has 6 N–H and O–H groups in total. The van der Waals surface area contributed by atoms with Gasteiger partial charge >= 0.3 is 5.97 Å². The number of esters is 1. The summed E-state index contributed by atoms with van der Waals surface area (Å²) in [6.45, 7) is 4.16. The van der Waals surface area contributed by atoms with Gasteiger partial charge in [0.2, 0.25) is 16.0 Å². The molecule has 1 aromatic heterocycles. The van der Waals surface area contributed by atoms with E-state index in [-0.39, 0.29) is 43.8 Å². The van der Waals surface area contributed by atoms with Crippen molar-refractivity contribution < 1.29 is 67.8 Å². The molecule has 0 fully saturated rings. The first-order valence-electron chi connectivity index (χ1n) is 14.5. The Bertz CT molecular complexity index is 1450. The molecule has 4 atom stereocenters. The quantitative estimate of drug-likeness (QED) is 0.0651. The molecule has 1 heterocycles. The van der Waals surface area contributed by atoms with E-state index < -0.39 is 63.4 Å². The van der Waals surface area contributed by atoms with Crippen molar-refractivity contribution in [3.63, 3.8) is 0 Å². The molecule has 0 aliphatic carbocycles. The number of carbonyl (C=O) groups excluding carboxylic acids is 1. The van der Waals surface area contributed by atoms with Crippen molar-refractivity contribution in [3.05, 3.63) is 47.4 Å². The molecule has 0 amide bonds. The van der Waals surface area contributed by atoms with Gasteiger partial charge in [0.25, 0.3) is 0 Å². The van der Waals surface area contributed by atoms with Crippen LogP contribution in [0.15, 0.2) is 30.3 Å². The summed E-state index contributed by atoms with van der Waals surface area (Å²) in [5, 5.41) is 54.9. The number of ether oxygens (including phenoxy) is 2. The van der Waals surface area contributed by atoms with Crippen molar-refractivity contribution in [1.29, 1.82) is 0 Å². The normalized spacial score (nSPS) is 14.9. The maximum absolute atomic E-state index is 13.7. The van der Waals surface area contributed by atoms with Crippen LogP contribution in [0.25, 0.3) is 17.3 Å². The number of hydrogen-bond donors (Lipinski definition) is 6. The summed E-state index contributed by atoms with van der Waals surface area (Å²) in [7, 11) is -2.41. The highest BCUT2D eigenvalue weighted by Crippen LogP contribution is 2.31. The third-order valence-electron chi connectivity index (χ3n) is 6.59. The fraction of sp³-hybridized carbons (Fsp3) is 0.536. The van der Waals surface area contributed by atoms with Crippen LogP contribution >= 0.6 is 0 Å². The summed E-state index contributed by atoms with van der Waals surface area (Å²) in [6, 6.07) is 5.39. The highest BCUT2D eigenvalue weighted by atomic mass is 32.2. The molecule has 2 rings (SSSR count). The van der Waals surface area contributed by atoms with Crippen LogP contribution in [0, 0.1) is 5.82 Å². The van der Waals surface area contributed by atoms with Crippen molar-refractivity contribution in [3.8, 4) is 11.3 Å². The molecule has 0 bridgehead atoms. The molecule has 0 radical (unpaired) electrons. The summed E-state index contributed by atoms with van der Waals surface area (Å²) in [5.74, 6) is -1.63. The van der Waals surface area contributed by atoms with E-state index in [9.17, 15) is 27.8 Å². The SMILES string of the molecule is CC(C)c1nc(N(C)S(C)(=O)=O)nc(-c2ccc(F)cc2)c1/C=C/C(O)CC(O)CC(=O)OCCOCC(ON(O)O)C(C)ON(O)O.